The highest BCUT2D eigenvalue weighted by atomic mass is 19.1. The van der Waals surface area contributed by atoms with Gasteiger partial charge in [-0.25, -0.2) is 4.39 Å². The molecule has 0 radical (unpaired) electrons. The predicted molar refractivity (Wildman–Crippen MR) is 81.2 cm³/mol. The molecule has 0 aromatic heterocycles. The number of nitrogens with one attached hydrogen (secondary N) is 1. The maximum Gasteiger partial charge on any atom is 0.167 e. The van der Waals surface area contributed by atoms with Crippen LogP contribution in [0.3, 0.4) is 0 Å². The van der Waals surface area contributed by atoms with Gasteiger partial charge in [-0.15, -0.1) is 0 Å². The van der Waals surface area contributed by atoms with Gasteiger partial charge in [-0.3, -0.25) is 0 Å². The Morgan fingerprint density at radius 1 is 1.10 bits per heavy atom. The number of halogens is 1. The Labute approximate surface area is 124 Å². The first-order valence-electron chi connectivity index (χ1n) is 6.92. The van der Waals surface area contributed by atoms with Gasteiger partial charge in [0.1, 0.15) is 5.75 Å². The average Bonchev–Trinajstić information content (AvgIpc) is 2.49. The van der Waals surface area contributed by atoms with Gasteiger partial charge < -0.3 is 14.8 Å². The number of benzene rings is 2. The van der Waals surface area contributed by atoms with Crippen molar-refractivity contribution < 1.29 is 13.9 Å². The van der Waals surface area contributed by atoms with E-state index in [0.717, 1.165) is 11.1 Å². The van der Waals surface area contributed by atoms with E-state index in [1.165, 1.54) is 6.07 Å². The zero-order valence-corrected chi connectivity index (χ0v) is 12.4. The summed E-state index contributed by atoms with van der Waals surface area (Å²) in [4.78, 5) is 0. The number of rotatable bonds is 7. The Kier molecular flexibility index (Phi) is 5.72. The van der Waals surface area contributed by atoms with E-state index in [2.05, 4.69) is 5.32 Å². The van der Waals surface area contributed by atoms with Gasteiger partial charge in [-0.1, -0.05) is 29.8 Å². The first kappa shape index (κ1) is 15.5. The quantitative estimate of drug-likeness (QED) is 0.789. The molecule has 0 saturated heterocycles. The summed E-state index contributed by atoms with van der Waals surface area (Å²) >= 11 is 0. The smallest absolute Gasteiger partial charge is 0.167 e. The fourth-order valence-corrected chi connectivity index (χ4v) is 1.93. The molecule has 0 aliphatic heterocycles. The van der Waals surface area contributed by atoms with Crippen molar-refractivity contribution in [3.8, 4) is 11.5 Å². The van der Waals surface area contributed by atoms with Crippen LogP contribution in [0.5, 0.6) is 11.5 Å². The van der Waals surface area contributed by atoms with Crippen LogP contribution in [-0.4, -0.2) is 20.3 Å². The van der Waals surface area contributed by atoms with Crippen LogP contribution in [0.1, 0.15) is 11.1 Å². The van der Waals surface area contributed by atoms with Gasteiger partial charge in [0, 0.05) is 25.8 Å². The summed E-state index contributed by atoms with van der Waals surface area (Å²) in [5.74, 6) is 0.539. The highest BCUT2D eigenvalue weighted by molar-refractivity contribution is 5.39. The summed E-state index contributed by atoms with van der Waals surface area (Å²) in [6.45, 7) is 3.85. The van der Waals surface area contributed by atoms with Crippen LogP contribution < -0.4 is 10.1 Å². The Morgan fingerprint density at radius 3 is 2.57 bits per heavy atom. The number of para-hydroxylation sites is 1. The molecule has 0 aliphatic carbocycles. The van der Waals surface area contributed by atoms with Crippen molar-refractivity contribution in [3.63, 3.8) is 0 Å². The fourth-order valence-electron chi connectivity index (χ4n) is 1.93. The first-order chi connectivity index (χ1) is 10.2. The Hall–Kier alpha value is -1.91. The van der Waals surface area contributed by atoms with Crippen molar-refractivity contribution in [2.45, 2.75) is 13.5 Å². The zero-order valence-electron chi connectivity index (χ0n) is 12.4. The second-order valence-corrected chi connectivity index (χ2v) is 4.81. The number of hydrogen-bond acceptors (Lipinski definition) is 3. The third-order valence-electron chi connectivity index (χ3n) is 3.09. The molecule has 4 heteroatoms. The Morgan fingerprint density at radius 2 is 1.86 bits per heavy atom. The molecular weight excluding hydrogens is 269 g/mol. The molecule has 0 amide bonds. The largest absolute Gasteiger partial charge is 0.454 e. The van der Waals surface area contributed by atoms with E-state index in [-0.39, 0.29) is 11.6 Å². The number of aryl methyl sites for hydroxylation is 1. The maximum absolute atomic E-state index is 14.0. The summed E-state index contributed by atoms with van der Waals surface area (Å²) in [7, 11) is 1.65. The van der Waals surface area contributed by atoms with Crippen LogP contribution in [-0.2, 0) is 11.3 Å². The molecule has 3 nitrogen and oxygen atoms in total. The van der Waals surface area contributed by atoms with Gasteiger partial charge in [0.25, 0.3) is 0 Å². The fraction of sp³-hybridized carbons (Fsp3) is 0.294. The third kappa shape index (κ3) is 4.55. The highest BCUT2D eigenvalue weighted by Crippen LogP contribution is 2.28. The normalized spacial score (nSPS) is 10.6. The lowest BCUT2D eigenvalue weighted by atomic mass is 10.2. The molecular formula is C17H20FNO2. The van der Waals surface area contributed by atoms with Gasteiger partial charge in [0.15, 0.2) is 11.6 Å². The van der Waals surface area contributed by atoms with Gasteiger partial charge >= 0.3 is 0 Å². The zero-order chi connectivity index (χ0) is 15.1. The van der Waals surface area contributed by atoms with Gasteiger partial charge in [0.05, 0.1) is 6.61 Å². The lowest BCUT2D eigenvalue weighted by Crippen LogP contribution is -2.19. The van der Waals surface area contributed by atoms with Crippen LogP contribution in [0.2, 0.25) is 0 Å². The molecule has 0 spiro atoms. The maximum atomic E-state index is 14.0. The third-order valence-corrected chi connectivity index (χ3v) is 3.09. The molecule has 2 rings (SSSR count). The molecule has 112 valence electrons. The minimum atomic E-state index is -0.360. The molecule has 2 aromatic rings. The lowest BCUT2D eigenvalue weighted by molar-refractivity contribution is 0.199. The molecule has 0 fully saturated rings. The van der Waals surface area contributed by atoms with E-state index in [9.17, 15) is 4.39 Å². The van der Waals surface area contributed by atoms with E-state index >= 15 is 0 Å². The van der Waals surface area contributed by atoms with Crippen molar-refractivity contribution in [2.75, 3.05) is 20.3 Å². The van der Waals surface area contributed by atoms with Crippen LogP contribution >= 0.6 is 0 Å². The molecule has 0 heterocycles. The second-order valence-electron chi connectivity index (χ2n) is 4.81. The molecule has 0 aliphatic rings. The van der Waals surface area contributed by atoms with Crippen LogP contribution in [0.4, 0.5) is 4.39 Å². The van der Waals surface area contributed by atoms with E-state index < -0.39 is 0 Å². The average molecular weight is 289 g/mol. The van der Waals surface area contributed by atoms with Crippen molar-refractivity contribution >= 4 is 0 Å². The summed E-state index contributed by atoms with van der Waals surface area (Å²) in [5.41, 5.74) is 1.92. The highest BCUT2D eigenvalue weighted by Gasteiger charge is 2.10. The van der Waals surface area contributed by atoms with Crippen molar-refractivity contribution in [2.24, 2.45) is 0 Å². The standard InChI is InChI=1S/C17H20FNO2/c1-13-6-8-15(9-7-13)21-17-14(4-3-5-16(17)18)12-19-10-11-20-2/h3-9,19H,10-12H2,1-2H3. The van der Waals surface area contributed by atoms with Gasteiger partial charge in [-0.2, -0.15) is 0 Å². The van der Waals surface area contributed by atoms with Crippen LogP contribution in [0, 0.1) is 12.7 Å². The minimum Gasteiger partial charge on any atom is -0.454 e. The van der Waals surface area contributed by atoms with Crippen molar-refractivity contribution in [1.82, 2.24) is 5.32 Å². The van der Waals surface area contributed by atoms with Crippen LogP contribution in [0.25, 0.3) is 0 Å². The van der Waals surface area contributed by atoms with Crippen LogP contribution in [0.15, 0.2) is 42.5 Å². The number of hydrogen-bond donors (Lipinski definition) is 1. The molecule has 1 N–H and O–H groups in total. The summed E-state index contributed by atoms with van der Waals surface area (Å²) in [6.07, 6.45) is 0. The predicted octanol–water partition coefficient (Wildman–Crippen LogP) is 3.66. The van der Waals surface area contributed by atoms with Crippen molar-refractivity contribution in [1.29, 1.82) is 0 Å². The molecule has 0 bridgehead atoms. The molecule has 0 saturated carbocycles. The SMILES string of the molecule is COCCNCc1cccc(F)c1Oc1ccc(C)cc1. The van der Waals surface area contributed by atoms with Crippen molar-refractivity contribution in [3.05, 3.63) is 59.4 Å². The number of methoxy groups -OCH3 is 1. The Balaban J connectivity index is 2.11. The molecule has 2 aromatic carbocycles. The minimum absolute atomic E-state index is 0.270. The first-order valence-corrected chi connectivity index (χ1v) is 6.92. The molecule has 0 unspecified atom stereocenters. The topological polar surface area (TPSA) is 30.5 Å². The lowest BCUT2D eigenvalue weighted by Gasteiger charge is -2.13. The van der Waals surface area contributed by atoms with E-state index in [1.54, 1.807) is 13.2 Å². The van der Waals surface area contributed by atoms with E-state index in [4.69, 9.17) is 9.47 Å². The molecule has 0 atom stereocenters. The summed E-state index contributed by atoms with van der Waals surface area (Å²) in [6, 6.07) is 12.5. The van der Waals surface area contributed by atoms with E-state index in [1.807, 2.05) is 37.3 Å². The Bertz CT molecular complexity index is 570. The second kappa shape index (κ2) is 7.76. The monoisotopic (exact) mass is 289 g/mol. The molecule has 21 heavy (non-hydrogen) atoms. The summed E-state index contributed by atoms with van der Waals surface area (Å²) < 4.78 is 24.7. The van der Waals surface area contributed by atoms with Gasteiger partial charge in [0.2, 0.25) is 0 Å². The summed E-state index contributed by atoms with van der Waals surface area (Å²) in [5, 5.41) is 3.19. The van der Waals surface area contributed by atoms with E-state index in [0.29, 0.717) is 25.4 Å². The van der Waals surface area contributed by atoms with Gasteiger partial charge in [-0.05, 0) is 25.1 Å². The number of ether oxygens (including phenoxy) is 2.